The molecule has 2 amide bonds. The Kier molecular flexibility index (Phi) is 3.99. The number of imidazole rings is 1. The summed E-state index contributed by atoms with van der Waals surface area (Å²) in [6, 6.07) is 0.0854. The highest BCUT2D eigenvalue weighted by Crippen LogP contribution is 2.53. The lowest BCUT2D eigenvalue weighted by atomic mass is 9.58. The molecule has 3 saturated carbocycles. The van der Waals surface area contributed by atoms with Crippen LogP contribution in [0.3, 0.4) is 0 Å². The maximum Gasteiger partial charge on any atom is 0.331 e. The number of hydrogen-bond acceptors (Lipinski definition) is 4. The molecule has 3 aliphatic carbocycles. The summed E-state index contributed by atoms with van der Waals surface area (Å²) in [5.74, 6) is 2.50. The Bertz CT molecular complexity index is 856. The van der Waals surface area contributed by atoms with Crippen LogP contribution in [0.5, 0.6) is 0 Å². The summed E-state index contributed by atoms with van der Waals surface area (Å²) in [7, 11) is 0. The monoisotopic (exact) mass is 399 g/mol. The van der Waals surface area contributed by atoms with E-state index >= 15 is 0 Å². The molecule has 29 heavy (non-hydrogen) atoms. The number of fused-ring (bicyclic) bond motifs is 6. The molecular formula is C22H33N5O2. The van der Waals surface area contributed by atoms with Crippen molar-refractivity contribution in [2.45, 2.75) is 89.7 Å². The Labute approximate surface area is 172 Å². The van der Waals surface area contributed by atoms with Crippen molar-refractivity contribution in [2.24, 2.45) is 10.4 Å². The molecule has 5 aliphatic rings. The van der Waals surface area contributed by atoms with E-state index in [9.17, 15) is 9.90 Å². The maximum absolute atomic E-state index is 13.3. The van der Waals surface area contributed by atoms with Crippen LogP contribution in [0.15, 0.2) is 4.99 Å². The number of nitrogens with one attached hydrogen (secondary N) is 1. The Morgan fingerprint density at radius 3 is 2.41 bits per heavy atom. The number of aromatic nitrogens is 2. The van der Waals surface area contributed by atoms with Crippen molar-refractivity contribution in [3.63, 3.8) is 0 Å². The number of aliphatic hydroxyl groups is 1. The molecule has 2 N–H and O–H groups in total. The minimum absolute atomic E-state index is 0.000888. The summed E-state index contributed by atoms with van der Waals surface area (Å²) in [6.45, 7) is 9.92. The van der Waals surface area contributed by atoms with E-state index in [4.69, 9.17) is 9.98 Å². The molecule has 1 aromatic rings. The van der Waals surface area contributed by atoms with Crippen LogP contribution in [0, 0.1) is 5.41 Å². The Balaban J connectivity index is 1.58. The number of aromatic amines is 1. The number of amides is 2. The molecule has 2 bridgehead atoms. The standard InChI is InChI=1S/C22H33N5O2/c1-5-12-26-17-15(16-23-14(20(2,3)4)13-27(16)19(26)28)24-18(25-17)21-6-9-22(29,10-7-21)11-8-21/h14,29H,5-13H2,1-4H3,(H,24,25)/t14-,21?,22?/m0/s1. The van der Waals surface area contributed by atoms with Crippen LogP contribution in [-0.4, -0.2) is 56.6 Å². The van der Waals surface area contributed by atoms with Crippen molar-refractivity contribution in [3.05, 3.63) is 11.5 Å². The van der Waals surface area contributed by atoms with Crippen molar-refractivity contribution >= 4 is 17.7 Å². The van der Waals surface area contributed by atoms with E-state index in [1.807, 2.05) is 9.80 Å². The molecule has 0 unspecified atom stereocenters. The first-order chi connectivity index (χ1) is 13.7. The Morgan fingerprint density at radius 2 is 1.83 bits per heavy atom. The van der Waals surface area contributed by atoms with Crippen molar-refractivity contribution < 1.29 is 9.90 Å². The Hall–Kier alpha value is -1.89. The third-order valence-corrected chi connectivity index (χ3v) is 7.67. The average molecular weight is 400 g/mol. The highest BCUT2D eigenvalue weighted by Gasteiger charge is 2.52. The average Bonchev–Trinajstić information content (AvgIpc) is 3.31. The number of anilines is 1. The number of aliphatic imine (C=N–C) groups is 1. The molecule has 0 spiro atoms. The van der Waals surface area contributed by atoms with Gasteiger partial charge in [-0.1, -0.05) is 27.7 Å². The van der Waals surface area contributed by atoms with Crippen LogP contribution in [0.1, 0.15) is 84.2 Å². The van der Waals surface area contributed by atoms with Gasteiger partial charge in [0.2, 0.25) is 0 Å². The predicted octanol–water partition coefficient (Wildman–Crippen LogP) is 3.57. The van der Waals surface area contributed by atoms with Gasteiger partial charge in [-0.15, -0.1) is 0 Å². The number of nitrogens with zero attached hydrogens (tertiary/aromatic N) is 4. The minimum atomic E-state index is -0.468. The molecule has 7 heteroatoms. The fraction of sp³-hybridized carbons (Fsp3) is 0.773. The molecule has 158 valence electrons. The largest absolute Gasteiger partial charge is 0.390 e. The first-order valence-corrected chi connectivity index (χ1v) is 11.2. The lowest BCUT2D eigenvalue weighted by Crippen LogP contribution is -2.51. The fourth-order valence-electron chi connectivity index (χ4n) is 5.50. The molecule has 0 radical (unpaired) electrons. The second kappa shape index (κ2) is 6.06. The summed E-state index contributed by atoms with van der Waals surface area (Å²) in [5, 5.41) is 10.6. The van der Waals surface area contributed by atoms with Crippen LogP contribution in [0.4, 0.5) is 10.6 Å². The van der Waals surface area contributed by atoms with Crippen molar-refractivity contribution in [2.75, 3.05) is 18.0 Å². The van der Waals surface area contributed by atoms with Crippen LogP contribution in [0.2, 0.25) is 0 Å². The molecule has 1 atom stereocenters. The van der Waals surface area contributed by atoms with Gasteiger partial charge in [-0.05, 0) is 50.4 Å². The minimum Gasteiger partial charge on any atom is -0.390 e. The second-order valence-corrected chi connectivity index (χ2v) is 10.7. The highest BCUT2D eigenvalue weighted by molar-refractivity contribution is 6.18. The number of rotatable bonds is 3. The summed E-state index contributed by atoms with van der Waals surface area (Å²) in [4.78, 5) is 30.6. The smallest absolute Gasteiger partial charge is 0.331 e. The number of carbonyl (C=O) groups is 1. The summed E-state index contributed by atoms with van der Waals surface area (Å²) in [6.07, 6.45) is 6.28. The third kappa shape index (κ3) is 2.76. The van der Waals surface area contributed by atoms with Crippen LogP contribution >= 0.6 is 0 Å². The molecule has 3 heterocycles. The quantitative estimate of drug-likeness (QED) is 0.815. The van der Waals surface area contributed by atoms with Gasteiger partial charge in [0, 0.05) is 12.0 Å². The van der Waals surface area contributed by atoms with Gasteiger partial charge in [0.25, 0.3) is 0 Å². The molecule has 0 aromatic carbocycles. The SMILES string of the molecule is CCCN1C(=O)N2C[C@@H](C(C)(C)C)N=C2c2[nH]c(C34CCC(O)(CC3)CC4)nc21. The molecule has 7 nitrogen and oxygen atoms in total. The molecule has 1 aromatic heterocycles. The van der Waals surface area contributed by atoms with Crippen molar-refractivity contribution in [1.82, 2.24) is 14.9 Å². The van der Waals surface area contributed by atoms with Crippen molar-refractivity contribution in [1.29, 1.82) is 0 Å². The highest BCUT2D eigenvalue weighted by atomic mass is 16.3. The number of H-pyrrole nitrogens is 1. The van der Waals surface area contributed by atoms with Crippen molar-refractivity contribution in [3.8, 4) is 0 Å². The Morgan fingerprint density at radius 1 is 1.17 bits per heavy atom. The van der Waals surface area contributed by atoms with E-state index in [1.54, 1.807) is 0 Å². The zero-order chi connectivity index (χ0) is 20.6. The van der Waals surface area contributed by atoms with E-state index < -0.39 is 5.60 Å². The molecule has 3 fully saturated rings. The van der Waals surface area contributed by atoms with Gasteiger partial charge in [-0.2, -0.15) is 0 Å². The van der Waals surface area contributed by atoms with Crippen LogP contribution < -0.4 is 4.90 Å². The van der Waals surface area contributed by atoms with Gasteiger partial charge < -0.3 is 10.1 Å². The summed E-state index contributed by atoms with van der Waals surface area (Å²) >= 11 is 0. The number of carbonyl (C=O) groups excluding carboxylic acids is 1. The van der Waals surface area contributed by atoms with Crippen LogP contribution in [0.25, 0.3) is 0 Å². The third-order valence-electron chi connectivity index (χ3n) is 7.67. The molecule has 0 saturated heterocycles. The molecular weight excluding hydrogens is 366 g/mol. The van der Waals surface area contributed by atoms with Gasteiger partial charge in [-0.3, -0.25) is 14.8 Å². The zero-order valence-electron chi connectivity index (χ0n) is 18.1. The first-order valence-electron chi connectivity index (χ1n) is 11.2. The lowest BCUT2D eigenvalue weighted by Gasteiger charge is -2.49. The normalized spacial score (nSPS) is 33.8. The van der Waals surface area contributed by atoms with E-state index in [2.05, 4.69) is 32.7 Å². The van der Waals surface area contributed by atoms with E-state index in [0.717, 1.165) is 68.1 Å². The molecule has 2 aliphatic heterocycles. The van der Waals surface area contributed by atoms with Gasteiger partial charge in [0.15, 0.2) is 11.7 Å². The number of amidine groups is 1. The summed E-state index contributed by atoms with van der Waals surface area (Å²) in [5.41, 5.74) is 0.431. The van der Waals surface area contributed by atoms with Gasteiger partial charge in [0.1, 0.15) is 11.5 Å². The van der Waals surface area contributed by atoms with Gasteiger partial charge in [0.05, 0.1) is 18.2 Å². The van der Waals surface area contributed by atoms with E-state index in [-0.39, 0.29) is 22.9 Å². The lowest BCUT2D eigenvalue weighted by molar-refractivity contribution is -0.0678. The van der Waals surface area contributed by atoms with E-state index in [0.29, 0.717) is 13.1 Å². The second-order valence-electron chi connectivity index (χ2n) is 10.7. The van der Waals surface area contributed by atoms with Crippen LogP contribution in [-0.2, 0) is 5.41 Å². The van der Waals surface area contributed by atoms with E-state index in [1.165, 1.54) is 0 Å². The fourth-order valence-corrected chi connectivity index (χ4v) is 5.50. The summed E-state index contributed by atoms with van der Waals surface area (Å²) < 4.78 is 0. The first kappa shape index (κ1) is 19.1. The predicted molar refractivity (Wildman–Crippen MR) is 112 cm³/mol. The molecule has 6 rings (SSSR count). The maximum atomic E-state index is 13.3. The zero-order valence-corrected chi connectivity index (χ0v) is 18.1. The topological polar surface area (TPSA) is 84.8 Å². The number of hydrogen-bond donors (Lipinski definition) is 2. The number of urea groups is 1. The van der Waals surface area contributed by atoms with Gasteiger partial charge >= 0.3 is 6.03 Å². The van der Waals surface area contributed by atoms with Gasteiger partial charge in [-0.25, -0.2) is 9.78 Å².